The summed E-state index contributed by atoms with van der Waals surface area (Å²) in [6.07, 6.45) is 0.631. The first-order valence-electron chi connectivity index (χ1n) is 9.05. The fourth-order valence-electron chi connectivity index (χ4n) is 3.29. The molecule has 1 aliphatic heterocycles. The lowest BCUT2D eigenvalue weighted by atomic mass is 10.0. The monoisotopic (exact) mass is 422 g/mol. The van der Waals surface area contributed by atoms with E-state index in [0.717, 1.165) is 0 Å². The van der Waals surface area contributed by atoms with Gasteiger partial charge in [0, 0.05) is 18.1 Å². The molecular formula is C20H23ClN2O4S. The molecule has 0 atom stereocenters. The molecule has 0 spiro atoms. The number of rotatable bonds is 4. The summed E-state index contributed by atoms with van der Waals surface area (Å²) in [5.74, 6) is -0.254. The number of piperidine rings is 1. The molecular weight excluding hydrogens is 400 g/mol. The molecule has 1 amide bonds. The average molecular weight is 423 g/mol. The number of nitrogens with zero attached hydrogens (tertiary/aromatic N) is 1. The van der Waals surface area contributed by atoms with Crippen LogP contribution in [0, 0.1) is 13.8 Å². The number of amides is 1. The Morgan fingerprint density at radius 2 is 1.79 bits per heavy atom. The van der Waals surface area contributed by atoms with Gasteiger partial charge in [0.05, 0.1) is 22.3 Å². The van der Waals surface area contributed by atoms with Crippen molar-refractivity contribution in [1.29, 1.82) is 0 Å². The van der Waals surface area contributed by atoms with Crippen molar-refractivity contribution in [2.75, 3.05) is 17.8 Å². The molecule has 28 heavy (non-hydrogen) atoms. The molecule has 1 aliphatic rings. The Kier molecular flexibility index (Phi) is 5.98. The highest BCUT2D eigenvalue weighted by Gasteiger charge is 2.27. The number of aliphatic hydroxyl groups excluding tert-OH is 1. The van der Waals surface area contributed by atoms with Gasteiger partial charge in [-0.15, -0.1) is 0 Å². The van der Waals surface area contributed by atoms with Gasteiger partial charge in [-0.1, -0.05) is 29.8 Å². The van der Waals surface area contributed by atoms with E-state index >= 15 is 0 Å². The highest BCUT2D eigenvalue weighted by molar-refractivity contribution is 7.92. The molecule has 0 bridgehead atoms. The van der Waals surface area contributed by atoms with Crippen LogP contribution in [0.3, 0.4) is 0 Å². The lowest BCUT2D eigenvalue weighted by Crippen LogP contribution is -2.40. The summed E-state index contributed by atoms with van der Waals surface area (Å²) in [5, 5.41) is 10.0. The van der Waals surface area contributed by atoms with E-state index in [0.29, 0.717) is 47.6 Å². The highest BCUT2D eigenvalue weighted by Crippen LogP contribution is 2.29. The van der Waals surface area contributed by atoms with Crippen molar-refractivity contribution in [3.8, 4) is 0 Å². The van der Waals surface area contributed by atoms with Crippen molar-refractivity contribution >= 4 is 33.2 Å². The first kappa shape index (κ1) is 20.6. The van der Waals surface area contributed by atoms with E-state index in [2.05, 4.69) is 4.72 Å². The molecule has 1 fully saturated rings. The van der Waals surface area contributed by atoms with Gasteiger partial charge in [0.1, 0.15) is 0 Å². The van der Waals surface area contributed by atoms with Crippen LogP contribution in [-0.4, -0.2) is 43.5 Å². The number of nitrogens with one attached hydrogen (secondary N) is 1. The minimum atomic E-state index is -3.93. The van der Waals surface area contributed by atoms with E-state index in [-0.39, 0.29) is 16.5 Å². The molecule has 3 rings (SSSR count). The minimum Gasteiger partial charge on any atom is -0.393 e. The molecule has 8 heteroatoms. The Morgan fingerprint density at radius 1 is 1.14 bits per heavy atom. The molecule has 2 aromatic rings. The maximum absolute atomic E-state index is 13.0. The van der Waals surface area contributed by atoms with Crippen LogP contribution in [0.4, 0.5) is 5.69 Å². The van der Waals surface area contributed by atoms with Crippen LogP contribution in [0.2, 0.25) is 5.02 Å². The highest BCUT2D eigenvalue weighted by atomic mass is 35.5. The van der Waals surface area contributed by atoms with Crippen molar-refractivity contribution in [3.63, 3.8) is 0 Å². The number of carbonyl (C=O) groups excluding carboxylic acids is 1. The lowest BCUT2D eigenvalue weighted by Gasteiger charge is -2.30. The van der Waals surface area contributed by atoms with Crippen molar-refractivity contribution in [2.24, 2.45) is 0 Å². The largest absolute Gasteiger partial charge is 0.393 e. The summed E-state index contributed by atoms with van der Waals surface area (Å²) in [5.41, 5.74) is 1.65. The fraction of sp³-hybridized carbons (Fsp3) is 0.350. The van der Waals surface area contributed by atoms with Crippen LogP contribution >= 0.6 is 11.6 Å². The van der Waals surface area contributed by atoms with E-state index in [1.807, 2.05) is 0 Å². The quantitative estimate of drug-likeness (QED) is 0.790. The SMILES string of the molecule is Cc1cccc(C(=O)N2CCC(O)CC2)c1NS(=O)(=O)c1cccc(Cl)c1C. The Bertz CT molecular complexity index is 999. The predicted octanol–water partition coefficient (Wildman–Crippen LogP) is 3.35. The van der Waals surface area contributed by atoms with Crippen LogP contribution < -0.4 is 4.72 Å². The molecule has 1 heterocycles. The number of carbonyl (C=O) groups is 1. The second-order valence-electron chi connectivity index (χ2n) is 6.99. The lowest BCUT2D eigenvalue weighted by molar-refractivity contribution is 0.0547. The van der Waals surface area contributed by atoms with Crippen molar-refractivity contribution in [2.45, 2.75) is 37.7 Å². The average Bonchev–Trinajstić information content (AvgIpc) is 2.65. The molecule has 2 aromatic carbocycles. The third-order valence-electron chi connectivity index (χ3n) is 5.00. The van der Waals surface area contributed by atoms with E-state index in [1.165, 1.54) is 6.07 Å². The van der Waals surface area contributed by atoms with Crippen LogP contribution in [-0.2, 0) is 10.0 Å². The zero-order chi connectivity index (χ0) is 20.5. The molecule has 0 aliphatic carbocycles. The minimum absolute atomic E-state index is 0.0720. The molecule has 150 valence electrons. The summed E-state index contributed by atoms with van der Waals surface area (Å²) in [4.78, 5) is 14.7. The van der Waals surface area contributed by atoms with E-state index in [4.69, 9.17) is 11.6 Å². The van der Waals surface area contributed by atoms with E-state index in [1.54, 1.807) is 49.1 Å². The maximum atomic E-state index is 13.0. The smallest absolute Gasteiger partial charge is 0.262 e. The third kappa shape index (κ3) is 4.16. The van der Waals surface area contributed by atoms with E-state index < -0.39 is 16.1 Å². The Morgan fingerprint density at radius 3 is 2.46 bits per heavy atom. The summed E-state index contributed by atoms with van der Waals surface area (Å²) < 4.78 is 28.6. The van der Waals surface area contributed by atoms with Gasteiger partial charge in [-0.2, -0.15) is 0 Å². The fourth-order valence-corrected chi connectivity index (χ4v) is 4.94. The van der Waals surface area contributed by atoms with Crippen LogP contribution in [0.15, 0.2) is 41.3 Å². The van der Waals surface area contributed by atoms with Gasteiger partial charge >= 0.3 is 0 Å². The van der Waals surface area contributed by atoms with Gasteiger partial charge in [-0.3, -0.25) is 9.52 Å². The number of aryl methyl sites for hydroxylation is 1. The summed E-state index contributed by atoms with van der Waals surface area (Å²) in [6.45, 7) is 4.26. The topological polar surface area (TPSA) is 86.7 Å². The number of para-hydroxylation sites is 1. The van der Waals surface area contributed by atoms with Crippen LogP contribution in [0.5, 0.6) is 0 Å². The number of halogens is 1. The van der Waals surface area contributed by atoms with Crippen LogP contribution in [0.25, 0.3) is 0 Å². The number of hydrogen-bond acceptors (Lipinski definition) is 4. The second-order valence-corrected chi connectivity index (χ2v) is 9.05. The van der Waals surface area contributed by atoms with Crippen LogP contribution in [0.1, 0.15) is 34.3 Å². The Hall–Kier alpha value is -2.09. The van der Waals surface area contributed by atoms with Crippen molar-refractivity contribution < 1.29 is 18.3 Å². The molecule has 0 saturated carbocycles. The predicted molar refractivity (Wildman–Crippen MR) is 109 cm³/mol. The maximum Gasteiger partial charge on any atom is 0.262 e. The number of hydrogen-bond donors (Lipinski definition) is 2. The zero-order valence-corrected chi connectivity index (χ0v) is 17.3. The molecule has 0 unspecified atom stereocenters. The number of anilines is 1. The standard InChI is InChI=1S/C20H23ClN2O4S/c1-13-5-3-6-16(20(25)23-11-9-15(24)10-12-23)19(13)22-28(26,27)18-8-4-7-17(21)14(18)2/h3-8,15,22,24H,9-12H2,1-2H3. The van der Waals surface area contributed by atoms with Gasteiger partial charge in [0.2, 0.25) is 0 Å². The molecule has 1 saturated heterocycles. The first-order chi connectivity index (χ1) is 13.2. The van der Waals surface area contributed by atoms with Gasteiger partial charge in [-0.05, 0) is 56.0 Å². The second kappa shape index (κ2) is 8.11. The van der Waals surface area contributed by atoms with E-state index in [9.17, 15) is 18.3 Å². The summed E-state index contributed by atoms with van der Waals surface area (Å²) >= 11 is 6.08. The third-order valence-corrected chi connectivity index (χ3v) is 6.90. The number of sulfonamides is 1. The zero-order valence-electron chi connectivity index (χ0n) is 15.8. The van der Waals surface area contributed by atoms with Gasteiger partial charge in [-0.25, -0.2) is 8.42 Å². The number of aliphatic hydroxyl groups is 1. The van der Waals surface area contributed by atoms with Gasteiger partial charge in [0.25, 0.3) is 15.9 Å². The molecule has 2 N–H and O–H groups in total. The first-order valence-corrected chi connectivity index (χ1v) is 10.9. The number of likely N-dealkylation sites (tertiary alicyclic amines) is 1. The summed E-state index contributed by atoms with van der Waals surface area (Å²) in [6, 6.07) is 9.78. The summed E-state index contributed by atoms with van der Waals surface area (Å²) in [7, 11) is -3.93. The van der Waals surface area contributed by atoms with Gasteiger partial charge < -0.3 is 10.0 Å². The Labute approximate surface area is 170 Å². The van der Waals surface area contributed by atoms with Crippen molar-refractivity contribution in [3.05, 3.63) is 58.1 Å². The molecule has 0 radical (unpaired) electrons. The Balaban J connectivity index is 1.96. The normalized spacial score (nSPS) is 15.5. The molecule has 6 nitrogen and oxygen atoms in total. The van der Waals surface area contributed by atoms with Crippen molar-refractivity contribution in [1.82, 2.24) is 4.90 Å². The number of benzene rings is 2. The van der Waals surface area contributed by atoms with Gasteiger partial charge in [0.15, 0.2) is 0 Å². The molecule has 0 aromatic heterocycles.